The van der Waals surface area contributed by atoms with Gasteiger partial charge in [0.05, 0.1) is 12.1 Å². The van der Waals surface area contributed by atoms with Crippen LogP contribution in [0, 0.1) is 0 Å². The minimum atomic E-state index is -0.588. The predicted molar refractivity (Wildman–Crippen MR) is 102 cm³/mol. The second-order valence-corrected chi connectivity index (χ2v) is 6.49. The molecule has 3 rings (SSSR count). The van der Waals surface area contributed by atoms with Crippen molar-refractivity contribution in [1.82, 2.24) is 15.1 Å². The van der Waals surface area contributed by atoms with Crippen molar-refractivity contribution in [2.24, 2.45) is 5.73 Å². The van der Waals surface area contributed by atoms with E-state index in [4.69, 9.17) is 5.73 Å². The van der Waals surface area contributed by atoms with E-state index in [2.05, 4.69) is 10.2 Å². The highest BCUT2D eigenvalue weighted by Gasteiger charge is 2.48. The number of rotatable bonds is 5. The minimum Gasteiger partial charge on any atom is -0.351 e. The summed E-state index contributed by atoms with van der Waals surface area (Å²) in [6.45, 7) is 3.69. The van der Waals surface area contributed by atoms with Gasteiger partial charge in [0.25, 0.3) is 0 Å². The molecule has 0 aromatic heterocycles. The highest BCUT2D eigenvalue weighted by atomic mass is 35.5. The lowest BCUT2D eigenvalue weighted by atomic mass is 10.2. The van der Waals surface area contributed by atoms with E-state index in [1.54, 1.807) is 0 Å². The van der Waals surface area contributed by atoms with Crippen LogP contribution in [0.25, 0.3) is 0 Å². The average molecular weight is 389 g/mol. The Morgan fingerprint density at radius 2 is 1.64 bits per heavy atom. The number of nitrogens with two attached hydrogens (primary N) is 1. The van der Waals surface area contributed by atoms with Gasteiger partial charge in [0, 0.05) is 32.7 Å². The molecule has 2 aliphatic rings. The smallest absolute Gasteiger partial charge is 0.242 e. The third-order valence-corrected chi connectivity index (χ3v) is 4.57. The van der Waals surface area contributed by atoms with E-state index in [-0.39, 0.29) is 36.6 Å². The molecule has 0 unspecified atom stereocenters. The van der Waals surface area contributed by atoms with Crippen LogP contribution in [-0.2, 0) is 16.1 Å². The molecular weight excluding hydrogens is 363 g/mol. The van der Waals surface area contributed by atoms with Gasteiger partial charge in [-0.15, -0.1) is 24.8 Å². The molecule has 1 aliphatic heterocycles. The molecule has 0 radical (unpaired) electrons. The van der Waals surface area contributed by atoms with Crippen molar-refractivity contribution in [3.05, 3.63) is 35.9 Å². The van der Waals surface area contributed by atoms with Crippen LogP contribution in [0.1, 0.15) is 18.4 Å². The van der Waals surface area contributed by atoms with Crippen LogP contribution in [0.2, 0.25) is 0 Å². The maximum absolute atomic E-state index is 12.2. The highest BCUT2D eigenvalue weighted by Crippen LogP contribution is 2.34. The van der Waals surface area contributed by atoms with Gasteiger partial charge in [-0.2, -0.15) is 0 Å². The Kier molecular flexibility index (Phi) is 8.15. The van der Waals surface area contributed by atoms with Crippen molar-refractivity contribution in [2.75, 3.05) is 32.7 Å². The van der Waals surface area contributed by atoms with Gasteiger partial charge in [0.2, 0.25) is 11.8 Å². The van der Waals surface area contributed by atoms with E-state index in [0.29, 0.717) is 26.2 Å². The molecule has 1 aromatic carbocycles. The third kappa shape index (κ3) is 5.85. The summed E-state index contributed by atoms with van der Waals surface area (Å²) < 4.78 is 0. The first kappa shape index (κ1) is 21.7. The van der Waals surface area contributed by atoms with Gasteiger partial charge in [-0.05, 0) is 18.4 Å². The van der Waals surface area contributed by atoms with Gasteiger partial charge in [-0.25, -0.2) is 0 Å². The fourth-order valence-electron chi connectivity index (χ4n) is 2.83. The van der Waals surface area contributed by atoms with Crippen LogP contribution in [0.5, 0.6) is 0 Å². The molecule has 2 fully saturated rings. The lowest BCUT2D eigenvalue weighted by molar-refractivity contribution is -0.135. The molecule has 0 bridgehead atoms. The van der Waals surface area contributed by atoms with Gasteiger partial charge < -0.3 is 16.0 Å². The van der Waals surface area contributed by atoms with E-state index in [0.717, 1.165) is 31.5 Å². The molecule has 1 aromatic rings. The summed E-state index contributed by atoms with van der Waals surface area (Å²) in [5.41, 5.74) is 6.47. The Bertz CT molecular complexity index is 573. The zero-order chi connectivity index (χ0) is 16.3. The molecule has 0 atom stereocenters. The first-order chi connectivity index (χ1) is 11.1. The zero-order valence-corrected chi connectivity index (χ0v) is 15.8. The Balaban J connectivity index is 0.00000156. The van der Waals surface area contributed by atoms with E-state index >= 15 is 0 Å². The Hall–Kier alpha value is -1.34. The van der Waals surface area contributed by atoms with E-state index in [1.165, 1.54) is 0 Å². The number of hydrogen-bond acceptors (Lipinski definition) is 4. The number of amides is 2. The van der Waals surface area contributed by atoms with Crippen LogP contribution < -0.4 is 11.1 Å². The monoisotopic (exact) mass is 388 g/mol. The molecule has 25 heavy (non-hydrogen) atoms. The lowest BCUT2D eigenvalue weighted by Gasteiger charge is -2.35. The Morgan fingerprint density at radius 3 is 2.20 bits per heavy atom. The summed E-state index contributed by atoms with van der Waals surface area (Å²) in [6.07, 6.45) is 1.60. The second-order valence-electron chi connectivity index (χ2n) is 6.49. The summed E-state index contributed by atoms with van der Waals surface area (Å²) in [4.78, 5) is 28.1. The molecule has 0 spiro atoms. The van der Waals surface area contributed by atoms with Gasteiger partial charge in [-0.1, -0.05) is 30.3 Å². The second kappa shape index (κ2) is 9.38. The molecule has 1 saturated heterocycles. The molecule has 1 saturated carbocycles. The first-order valence-electron chi connectivity index (χ1n) is 8.18. The quantitative estimate of drug-likeness (QED) is 0.780. The van der Waals surface area contributed by atoms with Crippen molar-refractivity contribution in [1.29, 1.82) is 0 Å². The minimum absolute atomic E-state index is 0. The Labute approximate surface area is 160 Å². The number of halogens is 2. The summed E-state index contributed by atoms with van der Waals surface area (Å²) in [7, 11) is 0. The highest BCUT2D eigenvalue weighted by molar-refractivity contribution is 5.89. The fourth-order valence-corrected chi connectivity index (χ4v) is 2.83. The summed E-state index contributed by atoms with van der Waals surface area (Å²) >= 11 is 0. The van der Waals surface area contributed by atoms with E-state index in [9.17, 15) is 9.59 Å². The molecule has 140 valence electrons. The fraction of sp³-hybridized carbons (Fsp3) is 0.529. The SMILES string of the molecule is Cl.Cl.NC1(C(=O)N2CCN(CC(=O)NCc3ccccc3)CC2)CC1. The van der Waals surface area contributed by atoms with Crippen LogP contribution >= 0.6 is 24.8 Å². The summed E-state index contributed by atoms with van der Waals surface area (Å²) in [5, 5.41) is 2.93. The number of nitrogens with one attached hydrogen (secondary N) is 1. The van der Waals surface area contributed by atoms with Crippen molar-refractivity contribution in [3.8, 4) is 0 Å². The van der Waals surface area contributed by atoms with Crippen molar-refractivity contribution in [3.63, 3.8) is 0 Å². The largest absolute Gasteiger partial charge is 0.351 e. The van der Waals surface area contributed by atoms with Gasteiger partial charge in [-0.3, -0.25) is 14.5 Å². The van der Waals surface area contributed by atoms with Gasteiger partial charge >= 0.3 is 0 Å². The first-order valence-corrected chi connectivity index (χ1v) is 8.18. The maximum Gasteiger partial charge on any atom is 0.242 e. The summed E-state index contributed by atoms with van der Waals surface area (Å²) in [5.74, 6) is 0.0943. The lowest BCUT2D eigenvalue weighted by Crippen LogP contribution is -2.55. The number of benzene rings is 1. The molecule has 3 N–H and O–H groups in total. The zero-order valence-electron chi connectivity index (χ0n) is 14.1. The maximum atomic E-state index is 12.2. The summed E-state index contributed by atoms with van der Waals surface area (Å²) in [6, 6.07) is 9.86. The van der Waals surface area contributed by atoms with Crippen LogP contribution in [-0.4, -0.2) is 59.9 Å². The topological polar surface area (TPSA) is 78.7 Å². The van der Waals surface area contributed by atoms with E-state index in [1.807, 2.05) is 35.2 Å². The molecule has 8 heteroatoms. The molecule has 2 amide bonds. The number of piperazine rings is 1. The molecule has 1 aliphatic carbocycles. The Morgan fingerprint density at radius 1 is 1.04 bits per heavy atom. The predicted octanol–water partition coefficient (Wildman–Crippen LogP) is 0.782. The standard InChI is InChI=1S/C17H24N4O2.2ClH/c18-17(6-7-17)16(23)21-10-8-20(9-11-21)13-15(22)19-12-14-4-2-1-3-5-14;;/h1-5H,6-13,18H2,(H,19,22);2*1H. The average Bonchev–Trinajstić information content (AvgIpc) is 3.33. The number of nitrogens with zero attached hydrogens (tertiary/aromatic N) is 2. The van der Waals surface area contributed by atoms with Crippen molar-refractivity contribution < 1.29 is 9.59 Å². The van der Waals surface area contributed by atoms with Crippen LogP contribution in [0.3, 0.4) is 0 Å². The third-order valence-electron chi connectivity index (χ3n) is 4.57. The van der Waals surface area contributed by atoms with Crippen molar-refractivity contribution in [2.45, 2.75) is 24.9 Å². The van der Waals surface area contributed by atoms with E-state index < -0.39 is 5.54 Å². The van der Waals surface area contributed by atoms with Gasteiger partial charge in [0.15, 0.2) is 0 Å². The van der Waals surface area contributed by atoms with Crippen LogP contribution in [0.15, 0.2) is 30.3 Å². The number of carbonyl (C=O) groups excluding carboxylic acids is 2. The number of hydrogen-bond donors (Lipinski definition) is 2. The molecule has 6 nitrogen and oxygen atoms in total. The normalized spacial score (nSPS) is 18.5. The number of carbonyl (C=O) groups is 2. The van der Waals surface area contributed by atoms with Gasteiger partial charge in [0.1, 0.15) is 0 Å². The molecule has 1 heterocycles. The van der Waals surface area contributed by atoms with Crippen LogP contribution in [0.4, 0.5) is 0 Å². The van der Waals surface area contributed by atoms with Crippen molar-refractivity contribution >= 4 is 36.6 Å². The molecular formula is C17H26Cl2N4O2.